The Kier molecular flexibility index (Phi) is 4.11. The molecule has 0 bridgehead atoms. The quantitative estimate of drug-likeness (QED) is 0.771. The van der Waals surface area contributed by atoms with Crippen LogP contribution in [-0.4, -0.2) is 41.7 Å². The van der Waals surface area contributed by atoms with E-state index in [0.29, 0.717) is 17.6 Å². The van der Waals surface area contributed by atoms with Crippen molar-refractivity contribution in [3.05, 3.63) is 0 Å². The van der Waals surface area contributed by atoms with Gasteiger partial charge in [-0.05, 0) is 52.9 Å². The van der Waals surface area contributed by atoms with E-state index < -0.39 is 0 Å². The molecule has 2 atom stereocenters. The Bertz CT molecular complexity index is 238. The Morgan fingerprint density at radius 1 is 1.00 bits per heavy atom. The molecular weight excluding hydrogens is 210 g/mol. The van der Waals surface area contributed by atoms with Crippen molar-refractivity contribution >= 4 is 0 Å². The second-order valence-corrected chi connectivity index (χ2v) is 6.87. The minimum Gasteiger partial charge on any atom is -0.328 e. The summed E-state index contributed by atoms with van der Waals surface area (Å²) in [6.45, 7) is 9.42. The summed E-state index contributed by atoms with van der Waals surface area (Å²) in [7, 11) is 0. The van der Waals surface area contributed by atoms with Gasteiger partial charge in [0.05, 0.1) is 0 Å². The molecule has 0 aromatic heterocycles. The highest BCUT2D eigenvalue weighted by Crippen LogP contribution is 2.23. The Balaban J connectivity index is 1.72. The summed E-state index contributed by atoms with van der Waals surface area (Å²) in [5.41, 5.74) is 6.30. The summed E-state index contributed by atoms with van der Waals surface area (Å²) in [4.78, 5) is 2.60. The standard InChI is InChI=1S/C14H29N3/c1-14(2,3)17-8-6-12(7-9-17)16-13-5-4-11(15)10-13/h11-13,16H,4-10,15H2,1-3H3. The fourth-order valence-electron chi connectivity index (χ4n) is 3.22. The molecule has 0 spiro atoms. The highest BCUT2D eigenvalue weighted by atomic mass is 15.2. The van der Waals surface area contributed by atoms with Crippen LogP contribution >= 0.6 is 0 Å². The van der Waals surface area contributed by atoms with Crippen molar-refractivity contribution in [1.29, 1.82) is 0 Å². The van der Waals surface area contributed by atoms with Crippen molar-refractivity contribution in [1.82, 2.24) is 10.2 Å². The first-order valence-electron chi connectivity index (χ1n) is 7.22. The van der Waals surface area contributed by atoms with Crippen molar-refractivity contribution in [2.45, 2.75) is 76.5 Å². The minimum absolute atomic E-state index is 0.334. The summed E-state index contributed by atoms with van der Waals surface area (Å²) in [5, 5.41) is 3.81. The average molecular weight is 239 g/mol. The van der Waals surface area contributed by atoms with E-state index in [1.54, 1.807) is 0 Å². The van der Waals surface area contributed by atoms with Crippen LogP contribution in [0.25, 0.3) is 0 Å². The van der Waals surface area contributed by atoms with Crippen LogP contribution in [0.1, 0.15) is 52.9 Å². The molecule has 1 heterocycles. The Morgan fingerprint density at radius 2 is 1.65 bits per heavy atom. The number of piperidine rings is 1. The molecule has 0 radical (unpaired) electrons. The average Bonchev–Trinajstić information content (AvgIpc) is 2.63. The van der Waals surface area contributed by atoms with Crippen LogP contribution in [0.2, 0.25) is 0 Å². The Labute approximate surface area is 106 Å². The lowest BCUT2D eigenvalue weighted by atomic mass is 9.97. The van der Waals surface area contributed by atoms with Crippen LogP contribution in [0.4, 0.5) is 0 Å². The van der Waals surface area contributed by atoms with Crippen LogP contribution in [0.15, 0.2) is 0 Å². The molecule has 3 heteroatoms. The first kappa shape index (κ1) is 13.3. The number of nitrogens with one attached hydrogen (secondary N) is 1. The van der Waals surface area contributed by atoms with E-state index >= 15 is 0 Å². The molecule has 0 aromatic rings. The zero-order chi connectivity index (χ0) is 12.5. The lowest BCUT2D eigenvalue weighted by molar-refractivity contribution is 0.0939. The number of nitrogens with zero attached hydrogens (tertiary/aromatic N) is 1. The topological polar surface area (TPSA) is 41.3 Å². The molecule has 1 aliphatic carbocycles. The van der Waals surface area contributed by atoms with Crippen molar-refractivity contribution in [2.24, 2.45) is 5.73 Å². The molecule has 0 amide bonds. The molecule has 1 saturated heterocycles. The maximum Gasteiger partial charge on any atom is 0.0125 e. The maximum atomic E-state index is 5.96. The first-order valence-corrected chi connectivity index (χ1v) is 7.22. The summed E-state index contributed by atoms with van der Waals surface area (Å²) in [6.07, 6.45) is 6.25. The minimum atomic E-state index is 0.334. The third kappa shape index (κ3) is 3.67. The molecule has 3 nitrogen and oxygen atoms in total. The first-order chi connectivity index (χ1) is 7.95. The molecule has 2 unspecified atom stereocenters. The van der Waals surface area contributed by atoms with E-state index in [2.05, 4.69) is 31.0 Å². The normalized spacial score (nSPS) is 33.2. The van der Waals surface area contributed by atoms with Gasteiger partial charge in [-0.3, -0.25) is 4.90 Å². The van der Waals surface area contributed by atoms with Crippen LogP contribution in [-0.2, 0) is 0 Å². The summed E-state index contributed by atoms with van der Waals surface area (Å²) in [5.74, 6) is 0. The van der Waals surface area contributed by atoms with Gasteiger partial charge in [0.1, 0.15) is 0 Å². The molecule has 2 rings (SSSR count). The van der Waals surface area contributed by atoms with Crippen molar-refractivity contribution in [3.8, 4) is 0 Å². The number of hydrogen-bond acceptors (Lipinski definition) is 3. The van der Waals surface area contributed by atoms with E-state index in [0.717, 1.165) is 6.04 Å². The predicted octanol–water partition coefficient (Wildman–Crippen LogP) is 1.72. The van der Waals surface area contributed by atoms with Crippen LogP contribution < -0.4 is 11.1 Å². The lowest BCUT2D eigenvalue weighted by Gasteiger charge is -2.41. The zero-order valence-electron chi connectivity index (χ0n) is 11.7. The molecule has 100 valence electrons. The molecule has 3 N–H and O–H groups in total. The van der Waals surface area contributed by atoms with Gasteiger partial charge in [0.2, 0.25) is 0 Å². The monoisotopic (exact) mass is 239 g/mol. The van der Waals surface area contributed by atoms with Gasteiger partial charge in [0, 0.05) is 36.8 Å². The van der Waals surface area contributed by atoms with Crippen LogP contribution in [0, 0.1) is 0 Å². The highest BCUT2D eigenvalue weighted by molar-refractivity contribution is 4.89. The Morgan fingerprint density at radius 3 is 2.12 bits per heavy atom. The van der Waals surface area contributed by atoms with Crippen LogP contribution in [0.3, 0.4) is 0 Å². The number of likely N-dealkylation sites (tertiary alicyclic amines) is 1. The van der Waals surface area contributed by atoms with Gasteiger partial charge >= 0.3 is 0 Å². The van der Waals surface area contributed by atoms with Crippen molar-refractivity contribution in [2.75, 3.05) is 13.1 Å². The molecule has 2 aliphatic rings. The fourth-order valence-corrected chi connectivity index (χ4v) is 3.22. The molecule has 1 saturated carbocycles. The fraction of sp³-hybridized carbons (Fsp3) is 1.00. The Hall–Kier alpha value is -0.120. The van der Waals surface area contributed by atoms with Gasteiger partial charge in [-0.2, -0.15) is 0 Å². The lowest BCUT2D eigenvalue weighted by Crippen LogP contribution is -2.51. The molecular formula is C14H29N3. The van der Waals surface area contributed by atoms with E-state index in [9.17, 15) is 0 Å². The van der Waals surface area contributed by atoms with Gasteiger partial charge in [-0.15, -0.1) is 0 Å². The largest absolute Gasteiger partial charge is 0.328 e. The molecule has 2 fully saturated rings. The zero-order valence-corrected chi connectivity index (χ0v) is 11.7. The van der Waals surface area contributed by atoms with Gasteiger partial charge in [-0.1, -0.05) is 0 Å². The van der Waals surface area contributed by atoms with Gasteiger partial charge in [0.15, 0.2) is 0 Å². The molecule has 1 aliphatic heterocycles. The van der Waals surface area contributed by atoms with Gasteiger partial charge in [0.25, 0.3) is 0 Å². The summed E-state index contributed by atoms with van der Waals surface area (Å²) >= 11 is 0. The van der Waals surface area contributed by atoms with E-state index in [4.69, 9.17) is 5.73 Å². The third-order valence-corrected chi connectivity index (χ3v) is 4.39. The van der Waals surface area contributed by atoms with Crippen molar-refractivity contribution in [3.63, 3.8) is 0 Å². The number of hydrogen-bond donors (Lipinski definition) is 2. The van der Waals surface area contributed by atoms with Gasteiger partial charge < -0.3 is 11.1 Å². The number of nitrogens with two attached hydrogens (primary N) is 1. The molecule has 0 aromatic carbocycles. The smallest absolute Gasteiger partial charge is 0.0125 e. The van der Waals surface area contributed by atoms with E-state index in [-0.39, 0.29) is 0 Å². The molecule has 17 heavy (non-hydrogen) atoms. The predicted molar refractivity (Wildman–Crippen MR) is 73.1 cm³/mol. The van der Waals surface area contributed by atoms with Crippen molar-refractivity contribution < 1.29 is 0 Å². The SMILES string of the molecule is CC(C)(C)N1CCC(NC2CCC(N)C2)CC1. The maximum absolute atomic E-state index is 5.96. The van der Waals surface area contributed by atoms with E-state index in [1.165, 1.54) is 45.2 Å². The van der Waals surface area contributed by atoms with E-state index in [1.807, 2.05) is 0 Å². The second kappa shape index (κ2) is 5.25. The second-order valence-electron chi connectivity index (χ2n) is 6.87. The highest BCUT2D eigenvalue weighted by Gasteiger charge is 2.29. The summed E-state index contributed by atoms with van der Waals surface area (Å²) < 4.78 is 0. The van der Waals surface area contributed by atoms with Crippen LogP contribution in [0.5, 0.6) is 0 Å². The summed E-state index contributed by atoms with van der Waals surface area (Å²) in [6, 6.07) is 1.86. The third-order valence-electron chi connectivity index (χ3n) is 4.39. The van der Waals surface area contributed by atoms with Gasteiger partial charge in [-0.25, -0.2) is 0 Å². The number of rotatable bonds is 2.